The third-order valence-corrected chi connectivity index (χ3v) is 3.76. The van der Waals surface area contributed by atoms with Gasteiger partial charge in [0.25, 0.3) is 0 Å². The average Bonchev–Trinajstić information content (AvgIpc) is 2.46. The molecule has 1 atom stereocenters. The Labute approximate surface area is 122 Å². The topological polar surface area (TPSA) is 60.0 Å². The molecular formula is C14H29N5O. The summed E-state index contributed by atoms with van der Waals surface area (Å²) in [6, 6.07) is 0.431. The van der Waals surface area contributed by atoms with Gasteiger partial charge in [-0.15, -0.1) is 0 Å². The van der Waals surface area contributed by atoms with Gasteiger partial charge in [-0.3, -0.25) is 14.7 Å². The van der Waals surface area contributed by atoms with Gasteiger partial charge in [-0.2, -0.15) is 0 Å². The second kappa shape index (κ2) is 8.79. The third-order valence-electron chi connectivity index (χ3n) is 3.76. The molecule has 0 saturated carbocycles. The molecule has 1 rings (SSSR count). The van der Waals surface area contributed by atoms with Crippen molar-refractivity contribution in [2.75, 3.05) is 46.3 Å². The zero-order chi connectivity index (χ0) is 15.0. The number of piperazine rings is 1. The molecule has 20 heavy (non-hydrogen) atoms. The van der Waals surface area contributed by atoms with E-state index in [1.54, 1.807) is 14.0 Å². The highest BCUT2D eigenvalue weighted by Crippen LogP contribution is 2.00. The van der Waals surface area contributed by atoms with Gasteiger partial charge < -0.3 is 15.5 Å². The van der Waals surface area contributed by atoms with Crippen LogP contribution in [0.4, 0.5) is 0 Å². The second-order valence-electron chi connectivity index (χ2n) is 5.30. The van der Waals surface area contributed by atoms with E-state index >= 15 is 0 Å². The zero-order valence-electron chi connectivity index (χ0n) is 13.3. The molecule has 0 radical (unpaired) electrons. The normalized spacial score (nSPS) is 18.8. The van der Waals surface area contributed by atoms with Gasteiger partial charge in [0.2, 0.25) is 5.91 Å². The van der Waals surface area contributed by atoms with Gasteiger partial charge in [0.1, 0.15) is 0 Å². The highest BCUT2D eigenvalue weighted by atomic mass is 16.2. The van der Waals surface area contributed by atoms with Crippen LogP contribution in [0.1, 0.15) is 27.2 Å². The summed E-state index contributed by atoms with van der Waals surface area (Å²) in [5, 5.41) is 6.68. The molecule has 0 aromatic rings. The first kappa shape index (κ1) is 16.8. The summed E-state index contributed by atoms with van der Waals surface area (Å²) >= 11 is 0. The molecule has 1 unspecified atom stereocenters. The van der Waals surface area contributed by atoms with Crippen LogP contribution >= 0.6 is 0 Å². The summed E-state index contributed by atoms with van der Waals surface area (Å²) < 4.78 is 0. The summed E-state index contributed by atoms with van der Waals surface area (Å²) in [5.74, 6) is 1.04. The molecular weight excluding hydrogens is 254 g/mol. The molecule has 0 spiro atoms. The van der Waals surface area contributed by atoms with Gasteiger partial charge in [0.15, 0.2) is 5.96 Å². The van der Waals surface area contributed by atoms with Crippen molar-refractivity contribution in [1.82, 2.24) is 20.4 Å². The maximum Gasteiger partial charge on any atom is 0.219 e. The monoisotopic (exact) mass is 283 g/mol. The Morgan fingerprint density at radius 2 is 1.95 bits per heavy atom. The summed E-state index contributed by atoms with van der Waals surface area (Å²) in [6.45, 7) is 11.4. The van der Waals surface area contributed by atoms with Crippen LogP contribution in [0.25, 0.3) is 0 Å². The molecule has 0 aromatic heterocycles. The number of guanidine groups is 1. The number of carbonyl (C=O) groups excluding carboxylic acids is 1. The van der Waals surface area contributed by atoms with Gasteiger partial charge >= 0.3 is 0 Å². The Kier molecular flexibility index (Phi) is 7.36. The third kappa shape index (κ3) is 5.77. The molecule has 0 aromatic carbocycles. The molecule has 6 heteroatoms. The first-order valence-corrected chi connectivity index (χ1v) is 7.51. The Morgan fingerprint density at radius 3 is 2.45 bits per heavy atom. The molecule has 1 aliphatic heterocycles. The van der Waals surface area contributed by atoms with E-state index in [0.717, 1.165) is 51.6 Å². The SMILES string of the molecule is CCC(C)NC(=NC)NCCN1CCN(C(C)=O)CC1. The van der Waals surface area contributed by atoms with E-state index in [0.29, 0.717) is 6.04 Å². The van der Waals surface area contributed by atoms with Crippen LogP contribution in [-0.4, -0.2) is 74.0 Å². The van der Waals surface area contributed by atoms with E-state index in [1.165, 1.54) is 0 Å². The molecule has 116 valence electrons. The minimum absolute atomic E-state index is 0.181. The Morgan fingerprint density at radius 1 is 1.30 bits per heavy atom. The van der Waals surface area contributed by atoms with Crippen LogP contribution in [0.2, 0.25) is 0 Å². The number of nitrogens with zero attached hydrogens (tertiary/aromatic N) is 3. The van der Waals surface area contributed by atoms with Crippen molar-refractivity contribution in [2.24, 2.45) is 4.99 Å². The predicted molar refractivity (Wildman–Crippen MR) is 82.9 cm³/mol. The van der Waals surface area contributed by atoms with Crippen molar-refractivity contribution in [3.05, 3.63) is 0 Å². The summed E-state index contributed by atoms with van der Waals surface area (Å²) in [7, 11) is 1.79. The molecule has 1 saturated heterocycles. The van der Waals surface area contributed by atoms with Crippen LogP contribution < -0.4 is 10.6 Å². The number of hydrogen-bond acceptors (Lipinski definition) is 3. The van der Waals surface area contributed by atoms with Crippen molar-refractivity contribution in [3.63, 3.8) is 0 Å². The number of carbonyl (C=O) groups is 1. The van der Waals surface area contributed by atoms with Crippen LogP contribution in [0.5, 0.6) is 0 Å². The van der Waals surface area contributed by atoms with Crippen molar-refractivity contribution in [1.29, 1.82) is 0 Å². The van der Waals surface area contributed by atoms with E-state index in [2.05, 4.69) is 34.4 Å². The summed E-state index contributed by atoms with van der Waals surface area (Å²) in [4.78, 5) is 19.8. The average molecular weight is 283 g/mol. The molecule has 2 N–H and O–H groups in total. The zero-order valence-corrected chi connectivity index (χ0v) is 13.3. The van der Waals surface area contributed by atoms with Crippen molar-refractivity contribution in [2.45, 2.75) is 33.2 Å². The van der Waals surface area contributed by atoms with Gasteiger partial charge in [-0.05, 0) is 13.3 Å². The van der Waals surface area contributed by atoms with E-state index in [9.17, 15) is 4.79 Å². The van der Waals surface area contributed by atoms with E-state index in [1.807, 2.05) is 4.90 Å². The summed E-state index contributed by atoms with van der Waals surface area (Å²) in [6.07, 6.45) is 1.08. The molecule has 1 fully saturated rings. The number of rotatable bonds is 5. The maximum atomic E-state index is 11.2. The first-order valence-electron chi connectivity index (χ1n) is 7.51. The minimum Gasteiger partial charge on any atom is -0.355 e. The van der Waals surface area contributed by atoms with Crippen molar-refractivity contribution in [3.8, 4) is 0 Å². The van der Waals surface area contributed by atoms with Gasteiger partial charge in [-0.25, -0.2) is 0 Å². The Bertz CT molecular complexity index is 324. The maximum absolute atomic E-state index is 11.2. The molecule has 1 amide bonds. The lowest BCUT2D eigenvalue weighted by molar-refractivity contribution is -0.130. The number of aliphatic imine (C=N–C) groups is 1. The highest BCUT2D eigenvalue weighted by Gasteiger charge is 2.17. The highest BCUT2D eigenvalue weighted by molar-refractivity contribution is 5.79. The lowest BCUT2D eigenvalue weighted by Gasteiger charge is -2.34. The lowest BCUT2D eigenvalue weighted by atomic mass is 10.3. The van der Waals surface area contributed by atoms with Crippen LogP contribution in [0, 0.1) is 0 Å². The number of hydrogen-bond donors (Lipinski definition) is 2. The molecule has 1 heterocycles. The fourth-order valence-corrected chi connectivity index (χ4v) is 2.15. The fourth-order valence-electron chi connectivity index (χ4n) is 2.15. The number of nitrogens with one attached hydrogen (secondary N) is 2. The Balaban J connectivity index is 2.19. The van der Waals surface area contributed by atoms with Gasteiger partial charge in [-0.1, -0.05) is 6.92 Å². The lowest BCUT2D eigenvalue weighted by Crippen LogP contribution is -2.50. The van der Waals surface area contributed by atoms with Crippen LogP contribution in [0.15, 0.2) is 4.99 Å². The quantitative estimate of drug-likeness (QED) is 0.555. The predicted octanol–water partition coefficient (Wildman–Crippen LogP) is 0.114. The second-order valence-corrected chi connectivity index (χ2v) is 5.30. The van der Waals surface area contributed by atoms with Crippen molar-refractivity contribution < 1.29 is 4.79 Å². The molecule has 1 aliphatic rings. The van der Waals surface area contributed by atoms with Crippen LogP contribution in [0.3, 0.4) is 0 Å². The van der Waals surface area contributed by atoms with Gasteiger partial charge in [0, 0.05) is 59.3 Å². The first-order chi connectivity index (χ1) is 9.56. The molecule has 0 bridgehead atoms. The smallest absolute Gasteiger partial charge is 0.219 e. The standard InChI is InChI=1S/C14H29N5O/c1-5-12(2)17-14(15-4)16-6-7-18-8-10-19(11-9-18)13(3)20/h12H,5-11H2,1-4H3,(H2,15,16,17). The van der Waals surface area contributed by atoms with E-state index < -0.39 is 0 Å². The Hall–Kier alpha value is -1.30. The van der Waals surface area contributed by atoms with Crippen LogP contribution in [-0.2, 0) is 4.79 Å². The van der Waals surface area contributed by atoms with E-state index in [-0.39, 0.29) is 5.91 Å². The molecule has 0 aliphatic carbocycles. The van der Waals surface area contributed by atoms with E-state index in [4.69, 9.17) is 0 Å². The molecule has 6 nitrogen and oxygen atoms in total. The number of amides is 1. The van der Waals surface area contributed by atoms with Gasteiger partial charge in [0.05, 0.1) is 0 Å². The minimum atomic E-state index is 0.181. The largest absolute Gasteiger partial charge is 0.355 e. The van der Waals surface area contributed by atoms with Crippen molar-refractivity contribution >= 4 is 11.9 Å². The fraction of sp³-hybridized carbons (Fsp3) is 0.857. The summed E-state index contributed by atoms with van der Waals surface area (Å²) in [5.41, 5.74) is 0.